The number of hydrogen-bond acceptors (Lipinski definition) is 11. The van der Waals surface area contributed by atoms with Crippen molar-refractivity contribution >= 4 is 41.6 Å². The third kappa shape index (κ3) is 8.04. The molecule has 0 aromatic carbocycles. The van der Waals surface area contributed by atoms with Crippen molar-refractivity contribution in [1.82, 2.24) is 10.3 Å². The maximum absolute atomic E-state index is 13.0. The fourth-order valence-corrected chi connectivity index (χ4v) is 3.46. The van der Waals surface area contributed by atoms with E-state index < -0.39 is 66.7 Å². The molecule has 1 saturated heterocycles. The molecular weight excluding hydrogens is 512 g/mol. The molecule has 0 spiro atoms. The lowest BCUT2D eigenvalue weighted by Crippen LogP contribution is -2.47. The van der Waals surface area contributed by atoms with Crippen LogP contribution in [0, 0.1) is 18.8 Å². The van der Waals surface area contributed by atoms with Crippen molar-refractivity contribution in [1.29, 1.82) is 0 Å². The van der Waals surface area contributed by atoms with Crippen molar-refractivity contribution in [2.24, 2.45) is 11.8 Å². The Morgan fingerprint density at radius 3 is 2.57 bits per heavy atom. The van der Waals surface area contributed by atoms with Crippen molar-refractivity contribution in [3.8, 4) is 5.75 Å². The number of carbonyl (C=O) groups excluding carboxylic acids is 5. The number of ether oxygens (including phenoxy) is 5. The van der Waals surface area contributed by atoms with Crippen LogP contribution in [0.2, 0.25) is 0 Å². The fourth-order valence-electron chi connectivity index (χ4n) is 3.38. The average molecular weight is 543 g/mol. The number of carbonyl (C=O) groups is 5. The number of alkyl halides is 1. The molecule has 1 amide bonds. The zero-order chi connectivity index (χ0) is 27.7. The third-order valence-electron chi connectivity index (χ3n) is 5.41. The molecule has 2 heterocycles. The Morgan fingerprint density at radius 2 is 1.95 bits per heavy atom. The summed E-state index contributed by atoms with van der Waals surface area (Å²) in [6, 6.07) is 0.0802. The van der Waals surface area contributed by atoms with Gasteiger partial charge in [-0.25, -0.2) is 14.6 Å². The molecule has 1 fully saturated rings. The first-order chi connectivity index (χ1) is 17.5. The second kappa shape index (κ2) is 13.8. The predicted molar refractivity (Wildman–Crippen MR) is 128 cm³/mol. The zero-order valence-corrected chi connectivity index (χ0v) is 22.0. The van der Waals surface area contributed by atoms with Crippen molar-refractivity contribution in [2.45, 2.75) is 59.3 Å². The number of nitrogens with zero attached hydrogens (tertiary/aromatic N) is 1. The second-order valence-corrected chi connectivity index (χ2v) is 8.94. The number of aromatic nitrogens is 1. The van der Waals surface area contributed by atoms with E-state index in [-0.39, 0.29) is 30.4 Å². The quantitative estimate of drug-likeness (QED) is 0.292. The van der Waals surface area contributed by atoms with E-state index in [2.05, 4.69) is 10.3 Å². The van der Waals surface area contributed by atoms with Crippen molar-refractivity contribution in [2.75, 3.05) is 19.1 Å². The molecule has 4 atom stereocenters. The van der Waals surface area contributed by atoms with E-state index in [0.717, 1.165) is 0 Å². The average Bonchev–Trinajstić information content (AvgIpc) is 2.88. The maximum Gasteiger partial charge on any atom is 0.513 e. The monoisotopic (exact) mass is 542 g/mol. The molecular formula is C24H31ClN2O10. The summed E-state index contributed by atoms with van der Waals surface area (Å²) >= 11 is 5.49. The van der Waals surface area contributed by atoms with Gasteiger partial charge in [0, 0.05) is 6.20 Å². The highest BCUT2D eigenvalue weighted by molar-refractivity contribution is 6.18. The van der Waals surface area contributed by atoms with Crippen LogP contribution in [0.1, 0.15) is 50.2 Å². The van der Waals surface area contributed by atoms with Gasteiger partial charge in [-0.15, -0.1) is 11.6 Å². The molecule has 0 radical (unpaired) electrons. The number of nitrogens with one attached hydrogen (secondary N) is 1. The van der Waals surface area contributed by atoms with Crippen molar-refractivity contribution in [3.63, 3.8) is 0 Å². The smallest absolute Gasteiger partial charge is 0.463 e. The number of esters is 3. The Labute approximate surface area is 219 Å². The van der Waals surface area contributed by atoms with Gasteiger partial charge in [0.15, 0.2) is 23.6 Å². The van der Waals surface area contributed by atoms with Gasteiger partial charge in [0.25, 0.3) is 5.91 Å². The molecule has 1 aromatic rings. The van der Waals surface area contributed by atoms with Crippen LogP contribution in [-0.2, 0) is 33.3 Å². The molecule has 1 aliphatic rings. The molecule has 37 heavy (non-hydrogen) atoms. The number of rotatable bonds is 8. The number of halogens is 1. The molecule has 2 rings (SSSR count). The first-order valence-electron chi connectivity index (χ1n) is 11.7. The van der Waals surface area contributed by atoms with Gasteiger partial charge in [0.05, 0.1) is 17.7 Å². The van der Waals surface area contributed by atoms with E-state index >= 15 is 0 Å². The van der Waals surface area contributed by atoms with E-state index in [9.17, 15) is 24.0 Å². The van der Waals surface area contributed by atoms with Crippen LogP contribution in [0.15, 0.2) is 12.3 Å². The molecule has 1 aliphatic heterocycles. The van der Waals surface area contributed by atoms with Gasteiger partial charge >= 0.3 is 24.1 Å². The standard InChI is InChI=1S/C24H31ClN2O10/c1-6-15-19(36-21(29)12(2)3)14(5)35-23(31)16(11-34-22(15)30)27-20(28)17-18(13(4)7-9-26-17)37-24(32)33-10-8-25/h7,9,12,14-16,19H,6,8,10-11H2,1-5H3,(H,27,28)/t14-,15+,16-,19-/m0/s1. The van der Waals surface area contributed by atoms with Crippen molar-refractivity contribution in [3.05, 3.63) is 23.5 Å². The van der Waals surface area contributed by atoms with Crippen molar-refractivity contribution < 1.29 is 47.7 Å². The highest BCUT2D eigenvalue weighted by Gasteiger charge is 2.41. The molecule has 1 aromatic heterocycles. The second-order valence-electron chi connectivity index (χ2n) is 8.56. The number of cyclic esters (lactones) is 2. The molecule has 13 heteroatoms. The summed E-state index contributed by atoms with van der Waals surface area (Å²) in [5.74, 6) is -4.60. The summed E-state index contributed by atoms with van der Waals surface area (Å²) in [6.45, 7) is 7.38. The minimum Gasteiger partial charge on any atom is -0.463 e. The summed E-state index contributed by atoms with van der Waals surface area (Å²) in [6.07, 6.45) is -1.63. The van der Waals surface area contributed by atoms with Gasteiger partial charge in [-0.1, -0.05) is 20.8 Å². The maximum atomic E-state index is 13.0. The Hall–Kier alpha value is -3.41. The van der Waals surface area contributed by atoms with Crippen LogP contribution in [-0.4, -0.2) is 72.3 Å². The Bertz CT molecular complexity index is 1020. The number of amides is 1. The topological polar surface area (TPSA) is 156 Å². The van der Waals surface area contributed by atoms with Gasteiger partial charge in [0.1, 0.15) is 19.3 Å². The molecule has 0 unspecified atom stereocenters. The molecule has 0 saturated carbocycles. The van der Waals surface area contributed by atoms with Gasteiger partial charge in [-0.3, -0.25) is 14.4 Å². The first kappa shape index (κ1) is 29.8. The molecule has 0 aliphatic carbocycles. The normalized spacial score (nSPS) is 22.0. The van der Waals surface area contributed by atoms with E-state index in [1.165, 1.54) is 19.2 Å². The van der Waals surface area contributed by atoms with Crippen LogP contribution in [0.25, 0.3) is 0 Å². The first-order valence-corrected chi connectivity index (χ1v) is 12.3. The minimum atomic E-state index is -1.42. The highest BCUT2D eigenvalue weighted by atomic mass is 35.5. The van der Waals surface area contributed by atoms with Crippen LogP contribution in [0.3, 0.4) is 0 Å². The lowest BCUT2D eigenvalue weighted by atomic mass is 9.95. The van der Waals surface area contributed by atoms with E-state index in [0.29, 0.717) is 5.56 Å². The largest absolute Gasteiger partial charge is 0.513 e. The lowest BCUT2D eigenvalue weighted by Gasteiger charge is -2.29. The number of aryl methyl sites for hydroxylation is 1. The summed E-state index contributed by atoms with van der Waals surface area (Å²) in [5.41, 5.74) is 0.0747. The third-order valence-corrected chi connectivity index (χ3v) is 5.56. The Kier molecular flexibility index (Phi) is 11.1. The van der Waals surface area contributed by atoms with Gasteiger partial charge < -0.3 is 29.0 Å². The number of pyridine rings is 1. The zero-order valence-electron chi connectivity index (χ0n) is 21.3. The minimum absolute atomic E-state index is 0.0474. The molecule has 12 nitrogen and oxygen atoms in total. The predicted octanol–water partition coefficient (Wildman–Crippen LogP) is 2.33. The van der Waals surface area contributed by atoms with Gasteiger partial charge in [-0.05, 0) is 31.9 Å². The summed E-state index contributed by atoms with van der Waals surface area (Å²) in [4.78, 5) is 66.8. The van der Waals surface area contributed by atoms with Crippen LogP contribution in [0.5, 0.6) is 5.75 Å². The van der Waals surface area contributed by atoms with E-state index in [1.54, 1.807) is 27.7 Å². The summed E-state index contributed by atoms with van der Waals surface area (Å²) in [7, 11) is 0. The van der Waals surface area contributed by atoms with E-state index in [4.69, 9.17) is 35.3 Å². The molecule has 204 valence electrons. The highest BCUT2D eigenvalue weighted by Crippen LogP contribution is 2.25. The van der Waals surface area contributed by atoms with Gasteiger partial charge in [0.2, 0.25) is 0 Å². The summed E-state index contributed by atoms with van der Waals surface area (Å²) < 4.78 is 26.1. The van der Waals surface area contributed by atoms with Gasteiger partial charge in [-0.2, -0.15) is 0 Å². The van der Waals surface area contributed by atoms with Crippen LogP contribution in [0.4, 0.5) is 4.79 Å². The molecule has 0 bridgehead atoms. The lowest BCUT2D eigenvalue weighted by molar-refractivity contribution is -0.176. The Balaban J connectivity index is 2.26. The Morgan fingerprint density at radius 1 is 1.24 bits per heavy atom. The SMILES string of the molecule is CC[C@H]1C(=O)OC[C@H](NC(=O)c2nccc(C)c2OC(=O)OCCCl)C(=O)O[C@@H](C)[C@@H]1OC(=O)C(C)C. The van der Waals surface area contributed by atoms with Crippen LogP contribution >= 0.6 is 11.6 Å². The molecule has 1 N–H and O–H groups in total. The van der Waals surface area contributed by atoms with Crippen LogP contribution < -0.4 is 10.1 Å². The van der Waals surface area contributed by atoms with E-state index in [1.807, 2.05) is 0 Å². The number of hydrogen-bond donors (Lipinski definition) is 1. The summed E-state index contributed by atoms with van der Waals surface area (Å²) in [5, 5.41) is 2.40. The fraction of sp³-hybridized carbons (Fsp3) is 0.583.